The second-order valence-electron chi connectivity index (χ2n) is 8.26. The molecular weight excluding hydrogens is 406 g/mol. The first kappa shape index (κ1) is 22.0. The second kappa shape index (κ2) is 9.49. The lowest BCUT2D eigenvalue weighted by molar-refractivity contribution is -0.147. The average molecular weight is 434 g/mol. The van der Waals surface area contributed by atoms with Crippen molar-refractivity contribution in [2.45, 2.75) is 31.6 Å². The van der Waals surface area contributed by atoms with Crippen LogP contribution < -0.4 is 0 Å². The third kappa shape index (κ3) is 4.36. The number of ketones is 1. The van der Waals surface area contributed by atoms with E-state index in [1.807, 2.05) is 37.3 Å². The van der Waals surface area contributed by atoms with Crippen LogP contribution in [0.1, 0.15) is 42.7 Å². The van der Waals surface area contributed by atoms with Crippen molar-refractivity contribution in [1.82, 2.24) is 0 Å². The largest absolute Gasteiger partial charge is 0.508 e. The minimum Gasteiger partial charge on any atom is -0.508 e. The predicted octanol–water partition coefficient (Wildman–Crippen LogP) is 4.16. The first-order valence-electron chi connectivity index (χ1n) is 10.8. The van der Waals surface area contributed by atoms with Crippen molar-refractivity contribution in [3.63, 3.8) is 0 Å². The number of methoxy groups -OCH3 is 1. The zero-order valence-corrected chi connectivity index (χ0v) is 18.3. The van der Waals surface area contributed by atoms with Crippen LogP contribution in [0, 0.1) is 5.92 Å². The molecule has 0 radical (unpaired) electrons. The van der Waals surface area contributed by atoms with Crippen molar-refractivity contribution in [3.8, 4) is 5.75 Å². The van der Waals surface area contributed by atoms with Gasteiger partial charge in [0, 0.05) is 36.4 Å². The van der Waals surface area contributed by atoms with Gasteiger partial charge in [0.2, 0.25) is 0 Å². The van der Waals surface area contributed by atoms with Gasteiger partial charge >= 0.3 is 5.97 Å². The number of carbonyl (C=O) groups is 2. The van der Waals surface area contributed by atoms with Crippen LogP contribution in [-0.4, -0.2) is 42.9 Å². The van der Waals surface area contributed by atoms with Crippen LogP contribution in [0.5, 0.6) is 5.75 Å². The minimum atomic E-state index is -0.702. The molecule has 1 aliphatic heterocycles. The summed E-state index contributed by atoms with van der Waals surface area (Å²) in [6, 6.07) is 16.7. The van der Waals surface area contributed by atoms with E-state index in [4.69, 9.17) is 14.5 Å². The number of phenolic OH excluding ortho intramolecular Hbond substituents is 1. The highest BCUT2D eigenvalue weighted by Gasteiger charge is 2.44. The Morgan fingerprint density at radius 1 is 1.03 bits per heavy atom. The van der Waals surface area contributed by atoms with Crippen LogP contribution in [0.4, 0.5) is 0 Å². The summed E-state index contributed by atoms with van der Waals surface area (Å²) in [6.45, 7) is 2.25. The summed E-state index contributed by atoms with van der Waals surface area (Å²) in [6.07, 6.45) is 1.01. The Morgan fingerprint density at radius 2 is 1.75 bits per heavy atom. The number of aliphatic imine (C=N–C) groups is 1. The summed E-state index contributed by atoms with van der Waals surface area (Å²) in [5.74, 6) is -1.43. The zero-order chi connectivity index (χ0) is 22.7. The van der Waals surface area contributed by atoms with Crippen LogP contribution in [0.15, 0.2) is 70.9 Å². The third-order valence-electron chi connectivity index (χ3n) is 6.20. The van der Waals surface area contributed by atoms with E-state index in [-0.39, 0.29) is 24.1 Å². The standard InChI is InChI=1S/C26H27NO5/c1-16-23(26(30)32-13-12-31-2)24(18-8-10-20(28)11-9-18)25-21(27-16)14-19(15-22(25)29)17-6-4-3-5-7-17/h3-11,19,23-24,28H,12-15H2,1-2H3/t19-,23?,24-/m1/s1. The normalized spacial score (nSPS) is 22.9. The van der Waals surface area contributed by atoms with E-state index in [0.717, 1.165) is 16.8 Å². The minimum absolute atomic E-state index is 0.00381. The average Bonchev–Trinajstić information content (AvgIpc) is 2.79. The Bertz CT molecular complexity index is 1060. The maximum absolute atomic E-state index is 13.4. The molecule has 0 spiro atoms. The maximum atomic E-state index is 13.4. The molecule has 6 nitrogen and oxygen atoms in total. The van der Waals surface area contributed by atoms with E-state index in [1.54, 1.807) is 31.4 Å². The molecule has 0 aromatic heterocycles. The number of phenols is 1. The van der Waals surface area contributed by atoms with Gasteiger partial charge in [-0.25, -0.2) is 0 Å². The van der Waals surface area contributed by atoms with E-state index >= 15 is 0 Å². The highest BCUT2D eigenvalue weighted by molar-refractivity contribution is 6.09. The number of carbonyl (C=O) groups excluding carboxylic acids is 2. The fourth-order valence-corrected chi connectivity index (χ4v) is 4.68. The van der Waals surface area contributed by atoms with E-state index in [0.29, 0.717) is 30.7 Å². The number of hydrogen-bond acceptors (Lipinski definition) is 6. The SMILES string of the molecule is COCCOC(=O)C1C(C)=NC2=C(C(=O)C[C@H](c3ccccc3)C2)[C@@H]1c1ccc(O)cc1. The van der Waals surface area contributed by atoms with Gasteiger partial charge in [-0.2, -0.15) is 0 Å². The molecule has 1 unspecified atom stereocenters. The second-order valence-corrected chi connectivity index (χ2v) is 8.26. The number of ether oxygens (including phenoxy) is 2. The van der Waals surface area contributed by atoms with Crippen LogP contribution in [0.3, 0.4) is 0 Å². The molecule has 166 valence electrons. The van der Waals surface area contributed by atoms with Crippen molar-refractivity contribution in [1.29, 1.82) is 0 Å². The van der Waals surface area contributed by atoms with E-state index in [9.17, 15) is 14.7 Å². The number of rotatable bonds is 6. The molecule has 0 amide bonds. The van der Waals surface area contributed by atoms with Gasteiger partial charge in [0.1, 0.15) is 18.3 Å². The Kier molecular flexibility index (Phi) is 6.51. The molecule has 1 N–H and O–H groups in total. The quantitative estimate of drug-likeness (QED) is 0.546. The predicted molar refractivity (Wildman–Crippen MR) is 121 cm³/mol. The Balaban J connectivity index is 1.74. The number of nitrogens with zero attached hydrogens (tertiary/aromatic N) is 1. The molecule has 1 heterocycles. The molecule has 1 aliphatic carbocycles. The van der Waals surface area contributed by atoms with Gasteiger partial charge in [0.05, 0.1) is 6.61 Å². The number of allylic oxidation sites excluding steroid dienone is 2. The first-order valence-corrected chi connectivity index (χ1v) is 10.8. The molecular formula is C26H27NO5. The fourth-order valence-electron chi connectivity index (χ4n) is 4.68. The topological polar surface area (TPSA) is 85.2 Å². The van der Waals surface area contributed by atoms with Crippen molar-refractivity contribution < 1.29 is 24.2 Å². The summed E-state index contributed by atoms with van der Waals surface area (Å²) in [4.78, 5) is 31.3. The summed E-state index contributed by atoms with van der Waals surface area (Å²) >= 11 is 0. The summed E-state index contributed by atoms with van der Waals surface area (Å²) in [5.41, 5.74) is 3.85. The van der Waals surface area contributed by atoms with Gasteiger partial charge in [-0.05, 0) is 42.5 Å². The monoisotopic (exact) mass is 433 g/mol. The third-order valence-corrected chi connectivity index (χ3v) is 6.20. The molecule has 4 rings (SSSR count). The molecule has 32 heavy (non-hydrogen) atoms. The van der Waals surface area contributed by atoms with Crippen molar-refractivity contribution in [2.24, 2.45) is 10.9 Å². The smallest absolute Gasteiger partial charge is 0.315 e. The van der Waals surface area contributed by atoms with Crippen LogP contribution in [0.25, 0.3) is 0 Å². The van der Waals surface area contributed by atoms with Crippen molar-refractivity contribution in [2.75, 3.05) is 20.3 Å². The van der Waals surface area contributed by atoms with E-state index < -0.39 is 17.8 Å². The Morgan fingerprint density at radius 3 is 2.44 bits per heavy atom. The van der Waals surface area contributed by atoms with Gasteiger partial charge in [-0.1, -0.05) is 42.5 Å². The van der Waals surface area contributed by atoms with Crippen molar-refractivity contribution >= 4 is 17.5 Å². The summed E-state index contributed by atoms with van der Waals surface area (Å²) < 4.78 is 10.4. The van der Waals surface area contributed by atoms with Gasteiger partial charge in [0.25, 0.3) is 0 Å². The Hall–Kier alpha value is -3.25. The first-order chi connectivity index (χ1) is 15.5. The molecule has 3 atom stereocenters. The highest BCUT2D eigenvalue weighted by atomic mass is 16.6. The van der Waals surface area contributed by atoms with Gasteiger partial charge < -0.3 is 14.6 Å². The summed E-state index contributed by atoms with van der Waals surface area (Å²) in [5, 5.41) is 9.76. The molecule has 6 heteroatoms. The molecule has 0 saturated carbocycles. The molecule has 0 saturated heterocycles. The van der Waals surface area contributed by atoms with Crippen LogP contribution in [0.2, 0.25) is 0 Å². The fraction of sp³-hybridized carbons (Fsp3) is 0.346. The summed E-state index contributed by atoms with van der Waals surface area (Å²) in [7, 11) is 1.54. The number of benzene rings is 2. The van der Waals surface area contributed by atoms with E-state index in [1.165, 1.54) is 0 Å². The highest BCUT2D eigenvalue weighted by Crippen LogP contribution is 2.46. The van der Waals surface area contributed by atoms with Crippen LogP contribution >= 0.6 is 0 Å². The molecule has 0 fully saturated rings. The molecule has 0 bridgehead atoms. The lowest BCUT2D eigenvalue weighted by atomic mass is 9.69. The number of Topliss-reactive ketones (excluding diaryl/α,β-unsaturated/α-hetero) is 1. The van der Waals surface area contributed by atoms with E-state index in [2.05, 4.69) is 0 Å². The molecule has 2 aromatic carbocycles. The molecule has 2 aromatic rings. The number of hydrogen-bond donors (Lipinski definition) is 1. The number of esters is 1. The Labute approximate surface area is 187 Å². The lowest BCUT2D eigenvalue weighted by Crippen LogP contribution is -2.38. The zero-order valence-electron chi connectivity index (χ0n) is 18.3. The van der Waals surface area contributed by atoms with Gasteiger partial charge in [0.15, 0.2) is 5.78 Å². The maximum Gasteiger partial charge on any atom is 0.315 e. The molecule has 2 aliphatic rings. The van der Waals surface area contributed by atoms with Crippen molar-refractivity contribution in [3.05, 3.63) is 77.0 Å². The lowest BCUT2D eigenvalue weighted by Gasteiger charge is -2.36. The number of aromatic hydroxyl groups is 1. The van der Waals surface area contributed by atoms with Gasteiger partial charge in [-0.3, -0.25) is 14.6 Å². The van der Waals surface area contributed by atoms with Crippen LogP contribution in [-0.2, 0) is 19.1 Å². The van der Waals surface area contributed by atoms with Gasteiger partial charge in [-0.15, -0.1) is 0 Å².